The number of rotatable bonds is 6. The fraction of sp³-hybridized carbons (Fsp3) is 0.800. The minimum Gasteiger partial charge on any atom is -0.370 e. The van der Waals surface area contributed by atoms with E-state index in [0.717, 1.165) is 25.7 Å². The summed E-state index contributed by atoms with van der Waals surface area (Å²) in [6.07, 6.45) is 4.27. The quantitative estimate of drug-likeness (QED) is 0.561. The summed E-state index contributed by atoms with van der Waals surface area (Å²) in [5, 5.41) is 5.66. The molecule has 1 rings (SSSR count). The summed E-state index contributed by atoms with van der Waals surface area (Å²) in [5.74, 6) is -0.237. The van der Waals surface area contributed by atoms with Crippen molar-refractivity contribution in [1.82, 2.24) is 10.6 Å². The molecule has 86 valence electrons. The Balaban J connectivity index is 2.05. The van der Waals surface area contributed by atoms with Crippen molar-refractivity contribution in [2.24, 2.45) is 5.73 Å². The molecule has 2 unspecified atom stereocenters. The Hall–Kier alpha value is -1.26. The smallest absolute Gasteiger partial charge is 0.315 e. The molecule has 0 bridgehead atoms. The second-order valence-electron chi connectivity index (χ2n) is 4.08. The lowest BCUT2D eigenvalue weighted by molar-refractivity contribution is -0.118. The standard InChI is InChI=1S/C10H19N3O2/c1-7-8(13-10(15)12-7)5-3-2-4-6-9(11)14/h7-8H,2-6H2,1H3,(H2,11,14)(H2,12,13,15). The monoisotopic (exact) mass is 213 g/mol. The summed E-state index contributed by atoms with van der Waals surface area (Å²) >= 11 is 0. The summed E-state index contributed by atoms with van der Waals surface area (Å²) in [6, 6.07) is 0.351. The number of amides is 3. The van der Waals surface area contributed by atoms with Crippen LogP contribution in [-0.4, -0.2) is 24.0 Å². The van der Waals surface area contributed by atoms with Gasteiger partial charge in [0.25, 0.3) is 0 Å². The van der Waals surface area contributed by atoms with Gasteiger partial charge >= 0.3 is 6.03 Å². The fourth-order valence-electron chi connectivity index (χ4n) is 1.80. The highest BCUT2D eigenvalue weighted by molar-refractivity contribution is 5.77. The average Bonchev–Trinajstić information content (AvgIpc) is 2.44. The van der Waals surface area contributed by atoms with Crippen molar-refractivity contribution in [2.75, 3.05) is 0 Å². The van der Waals surface area contributed by atoms with E-state index in [1.165, 1.54) is 0 Å². The zero-order chi connectivity index (χ0) is 11.3. The highest BCUT2D eigenvalue weighted by Gasteiger charge is 2.26. The molecule has 2 atom stereocenters. The molecule has 1 aliphatic heterocycles. The van der Waals surface area contributed by atoms with E-state index in [4.69, 9.17) is 5.73 Å². The van der Waals surface area contributed by atoms with Gasteiger partial charge in [0.15, 0.2) is 0 Å². The molecule has 0 aliphatic carbocycles. The molecule has 15 heavy (non-hydrogen) atoms. The molecule has 0 aromatic carbocycles. The molecule has 1 aliphatic rings. The van der Waals surface area contributed by atoms with Gasteiger partial charge in [0.2, 0.25) is 5.91 Å². The third kappa shape index (κ3) is 4.18. The van der Waals surface area contributed by atoms with Crippen molar-refractivity contribution in [3.05, 3.63) is 0 Å². The molecule has 1 saturated heterocycles. The summed E-state index contributed by atoms with van der Waals surface area (Å²) < 4.78 is 0. The average molecular weight is 213 g/mol. The number of carbonyl (C=O) groups excluding carboxylic acids is 2. The molecule has 5 heteroatoms. The molecule has 0 radical (unpaired) electrons. The van der Waals surface area contributed by atoms with Gasteiger partial charge in [0.1, 0.15) is 0 Å². The third-order valence-corrected chi connectivity index (χ3v) is 2.72. The Kier molecular flexibility index (Phi) is 4.39. The van der Waals surface area contributed by atoms with E-state index in [9.17, 15) is 9.59 Å². The first-order chi connectivity index (χ1) is 7.09. The van der Waals surface area contributed by atoms with Crippen LogP contribution in [0, 0.1) is 0 Å². The molecule has 1 fully saturated rings. The van der Waals surface area contributed by atoms with E-state index in [1.54, 1.807) is 0 Å². The van der Waals surface area contributed by atoms with Crippen LogP contribution in [0.25, 0.3) is 0 Å². The van der Waals surface area contributed by atoms with Crippen molar-refractivity contribution in [1.29, 1.82) is 0 Å². The molecule has 0 aromatic heterocycles. The van der Waals surface area contributed by atoms with Crippen LogP contribution < -0.4 is 16.4 Å². The number of hydrogen-bond acceptors (Lipinski definition) is 2. The van der Waals surface area contributed by atoms with Crippen LogP contribution in [0.4, 0.5) is 4.79 Å². The molecule has 0 aromatic rings. The predicted octanol–water partition coefficient (Wildman–Crippen LogP) is 0.492. The SMILES string of the molecule is CC1NC(=O)NC1CCCCCC(N)=O. The molecular weight excluding hydrogens is 194 g/mol. The summed E-state index contributed by atoms with van der Waals surface area (Å²) in [4.78, 5) is 21.4. The van der Waals surface area contributed by atoms with Crippen molar-refractivity contribution in [2.45, 2.75) is 51.1 Å². The van der Waals surface area contributed by atoms with Crippen LogP contribution in [0.1, 0.15) is 39.0 Å². The Morgan fingerprint density at radius 2 is 2.07 bits per heavy atom. The van der Waals surface area contributed by atoms with Gasteiger partial charge in [-0.2, -0.15) is 0 Å². The van der Waals surface area contributed by atoms with Crippen molar-refractivity contribution < 1.29 is 9.59 Å². The highest BCUT2D eigenvalue weighted by atomic mass is 16.2. The number of nitrogens with one attached hydrogen (secondary N) is 2. The number of carbonyl (C=O) groups is 2. The van der Waals surface area contributed by atoms with E-state index in [1.807, 2.05) is 6.92 Å². The molecule has 3 amide bonds. The molecular formula is C10H19N3O2. The predicted molar refractivity (Wildman–Crippen MR) is 57.2 cm³/mol. The van der Waals surface area contributed by atoms with Gasteiger partial charge in [-0.25, -0.2) is 4.79 Å². The maximum Gasteiger partial charge on any atom is 0.315 e. The molecule has 4 N–H and O–H groups in total. The highest BCUT2D eigenvalue weighted by Crippen LogP contribution is 2.11. The summed E-state index contributed by atoms with van der Waals surface area (Å²) in [6.45, 7) is 1.99. The van der Waals surface area contributed by atoms with Gasteiger partial charge < -0.3 is 16.4 Å². The maximum absolute atomic E-state index is 11.0. The van der Waals surface area contributed by atoms with E-state index < -0.39 is 0 Å². The van der Waals surface area contributed by atoms with E-state index >= 15 is 0 Å². The van der Waals surface area contributed by atoms with Gasteiger partial charge in [0, 0.05) is 12.5 Å². The number of hydrogen-bond donors (Lipinski definition) is 3. The largest absolute Gasteiger partial charge is 0.370 e. The second kappa shape index (κ2) is 5.58. The zero-order valence-electron chi connectivity index (χ0n) is 9.08. The van der Waals surface area contributed by atoms with Crippen LogP contribution in [-0.2, 0) is 4.79 Å². The van der Waals surface area contributed by atoms with Crippen molar-refractivity contribution >= 4 is 11.9 Å². The first-order valence-electron chi connectivity index (χ1n) is 5.45. The van der Waals surface area contributed by atoms with Gasteiger partial charge in [-0.05, 0) is 19.8 Å². The van der Waals surface area contributed by atoms with Crippen molar-refractivity contribution in [3.63, 3.8) is 0 Å². The van der Waals surface area contributed by atoms with Crippen LogP contribution in [0.3, 0.4) is 0 Å². The van der Waals surface area contributed by atoms with Gasteiger partial charge in [-0.3, -0.25) is 4.79 Å². The summed E-state index contributed by atoms with van der Waals surface area (Å²) in [7, 11) is 0. The number of urea groups is 1. The van der Waals surface area contributed by atoms with E-state index in [-0.39, 0.29) is 24.0 Å². The van der Waals surface area contributed by atoms with Crippen LogP contribution in [0.5, 0.6) is 0 Å². The van der Waals surface area contributed by atoms with E-state index in [0.29, 0.717) is 6.42 Å². The van der Waals surface area contributed by atoms with Gasteiger partial charge in [-0.1, -0.05) is 12.8 Å². The number of nitrogens with two attached hydrogens (primary N) is 1. The number of unbranched alkanes of at least 4 members (excludes halogenated alkanes) is 2. The topological polar surface area (TPSA) is 84.2 Å². The van der Waals surface area contributed by atoms with Gasteiger partial charge in [0.05, 0.1) is 6.04 Å². The number of primary amides is 1. The maximum atomic E-state index is 11.0. The third-order valence-electron chi connectivity index (χ3n) is 2.72. The zero-order valence-corrected chi connectivity index (χ0v) is 9.08. The first kappa shape index (κ1) is 11.8. The summed E-state index contributed by atoms with van der Waals surface area (Å²) in [5.41, 5.74) is 5.03. The lowest BCUT2D eigenvalue weighted by atomic mass is 10.0. The molecule has 0 saturated carbocycles. The molecule has 5 nitrogen and oxygen atoms in total. The van der Waals surface area contributed by atoms with Gasteiger partial charge in [-0.15, -0.1) is 0 Å². The Morgan fingerprint density at radius 3 is 2.60 bits per heavy atom. The van der Waals surface area contributed by atoms with Crippen LogP contribution >= 0.6 is 0 Å². The minimum absolute atomic E-state index is 0.0790. The lowest BCUT2D eigenvalue weighted by Crippen LogP contribution is -2.30. The first-order valence-corrected chi connectivity index (χ1v) is 5.45. The fourth-order valence-corrected chi connectivity index (χ4v) is 1.80. The minimum atomic E-state index is -0.237. The second-order valence-corrected chi connectivity index (χ2v) is 4.08. The molecule has 0 spiro atoms. The Morgan fingerprint density at radius 1 is 1.33 bits per heavy atom. The van der Waals surface area contributed by atoms with E-state index in [2.05, 4.69) is 10.6 Å². The Bertz CT molecular complexity index is 243. The Labute approximate surface area is 89.8 Å². The van der Waals surface area contributed by atoms with Crippen LogP contribution in [0.2, 0.25) is 0 Å². The van der Waals surface area contributed by atoms with Crippen molar-refractivity contribution in [3.8, 4) is 0 Å². The van der Waals surface area contributed by atoms with Crippen LogP contribution in [0.15, 0.2) is 0 Å². The normalized spacial score (nSPS) is 24.7. The molecule has 1 heterocycles. The lowest BCUT2D eigenvalue weighted by Gasteiger charge is -2.13.